The number of aryl methyl sites for hydroxylation is 2. The molecular weight excluding hydrogens is 379 g/mol. The number of nitrogens with zero attached hydrogens (tertiary/aromatic N) is 4. The average Bonchev–Trinajstić information content (AvgIpc) is 2.98. The third-order valence-electron chi connectivity index (χ3n) is 5.60. The van der Waals surface area contributed by atoms with Gasteiger partial charge in [-0.3, -0.25) is 9.78 Å². The molecule has 1 aliphatic heterocycles. The molecule has 0 unspecified atom stereocenters. The van der Waals surface area contributed by atoms with Crippen LogP contribution < -0.4 is 4.90 Å². The van der Waals surface area contributed by atoms with Crippen molar-refractivity contribution < 1.29 is 9.18 Å². The number of amides is 1. The van der Waals surface area contributed by atoms with Crippen LogP contribution in [0.15, 0.2) is 42.6 Å². The molecule has 30 heavy (non-hydrogen) atoms. The van der Waals surface area contributed by atoms with Crippen molar-refractivity contribution in [2.45, 2.75) is 20.3 Å². The van der Waals surface area contributed by atoms with Crippen molar-refractivity contribution in [3.63, 3.8) is 0 Å². The highest BCUT2D eigenvalue weighted by molar-refractivity contribution is 5.97. The number of carbonyl (C=O) groups is 1. The van der Waals surface area contributed by atoms with E-state index >= 15 is 0 Å². The van der Waals surface area contributed by atoms with E-state index in [1.165, 1.54) is 12.1 Å². The quantitative estimate of drug-likeness (QED) is 0.644. The lowest BCUT2D eigenvalue weighted by Crippen LogP contribution is -2.35. The van der Waals surface area contributed by atoms with Gasteiger partial charge in [-0.05, 0) is 44.0 Å². The molecule has 1 fully saturated rings. The number of pyridine rings is 1. The van der Waals surface area contributed by atoms with Crippen molar-refractivity contribution in [3.05, 3.63) is 70.7 Å². The maximum Gasteiger partial charge on any atom is 0.256 e. The number of fused-ring (bicyclic) bond motifs is 1. The summed E-state index contributed by atoms with van der Waals surface area (Å²) >= 11 is 0. The zero-order chi connectivity index (χ0) is 21.3. The van der Waals surface area contributed by atoms with E-state index in [1.54, 1.807) is 23.2 Å². The number of hydrogen-bond donors (Lipinski definition) is 0. The van der Waals surface area contributed by atoms with Crippen molar-refractivity contribution in [1.82, 2.24) is 9.88 Å². The summed E-state index contributed by atoms with van der Waals surface area (Å²) in [5.74, 6) is -0.789. The zero-order valence-electron chi connectivity index (χ0n) is 17.2. The predicted molar refractivity (Wildman–Crippen MR) is 115 cm³/mol. The molecule has 1 aliphatic rings. The van der Waals surface area contributed by atoms with Gasteiger partial charge in [-0.25, -0.2) is 4.39 Å². The molecule has 1 aromatic heterocycles. The van der Waals surface area contributed by atoms with Crippen LogP contribution in [0.1, 0.15) is 33.5 Å². The van der Waals surface area contributed by atoms with Crippen molar-refractivity contribution in [1.29, 1.82) is 5.26 Å². The molecule has 3 aromatic rings. The maximum absolute atomic E-state index is 14.1. The second-order valence-electron chi connectivity index (χ2n) is 7.72. The first-order valence-corrected chi connectivity index (χ1v) is 10.1. The van der Waals surface area contributed by atoms with Crippen molar-refractivity contribution in [2.75, 3.05) is 31.1 Å². The fourth-order valence-corrected chi connectivity index (χ4v) is 4.22. The van der Waals surface area contributed by atoms with Gasteiger partial charge in [0.15, 0.2) is 0 Å². The van der Waals surface area contributed by atoms with Crippen LogP contribution in [0.25, 0.3) is 10.9 Å². The summed E-state index contributed by atoms with van der Waals surface area (Å²) in [6, 6.07) is 12.5. The normalized spacial score (nSPS) is 14.5. The Balaban J connectivity index is 1.67. The summed E-state index contributed by atoms with van der Waals surface area (Å²) in [6.45, 7) is 6.35. The van der Waals surface area contributed by atoms with Gasteiger partial charge < -0.3 is 9.80 Å². The second kappa shape index (κ2) is 8.11. The van der Waals surface area contributed by atoms with Crippen molar-refractivity contribution in [2.24, 2.45) is 0 Å². The Morgan fingerprint density at radius 2 is 1.93 bits per heavy atom. The van der Waals surface area contributed by atoms with E-state index in [4.69, 9.17) is 0 Å². The number of benzene rings is 2. The smallest absolute Gasteiger partial charge is 0.256 e. The number of nitriles is 1. The van der Waals surface area contributed by atoms with E-state index in [1.807, 2.05) is 13.8 Å². The monoisotopic (exact) mass is 402 g/mol. The Labute approximate surface area is 175 Å². The molecule has 0 radical (unpaired) electrons. The van der Waals surface area contributed by atoms with Crippen molar-refractivity contribution >= 4 is 22.5 Å². The predicted octanol–water partition coefficient (Wildman–Crippen LogP) is 4.21. The highest BCUT2D eigenvalue weighted by Crippen LogP contribution is 2.32. The average molecular weight is 402 g/mol. The Morgan fingerprint density at radius 3 is 2.70 bits per heavy atom. The summed E-state index contributed by atoms with van der Waals surface area (Å²) in [4.78, 5) is 21.2. The Hall–Kier alpha value is -3.46. The van der Waals surface area contributed by atoms with Crippen LogP contribution in [0.5, 0.6) is 0 Å². The van der Waals surface area contributed by atoms with Crippen molar-refractivity contribution in [3.8, 4) is 6.07 Å². The summed E-state index contributed by atoms with van der Waals surface area (Å²) in [5, 5.41) is 10.7. The standard InChI is InChI=1S/C24H23FN4O/c1-16-12-17(2)22-20(13-16)23(18(14-26)15-27-22)28-8-5-9-29(11-10-28)24(30)19-6-3-4-7-21(19)25/h3-4,6-7,12-13,15H,5,8-11H2,1-2H3. The Kier molecular flexibility index (Phi) is 5.37. The maximum atomic E-state index is 14.1. The third-order valence-corrected chi connectivity index (χ3v) is 5.60. The summed E-state index contributed by atoms with van der Waals surface area (Å²) in [6.07, 6.45) is 2.37. The van der Waals surface area contributed by atoms with E-state index in [2.05, 4.69) is 28.1 Å². The minimum absolute atomic E-state index is 0.101. The first-order chi connectivity index (χ1) is 14.5. The molecule has 6 heteroatoms. The molecule has 1 amide bonds. The molecule has 152 valence electrons. The molecule has 5 nitrogen and oxygen atoms in total. The molecule has 4 rings (SSSR count). The highest BCUT2D eigenvalue weighted by atomic mass is 19.1. The second-order valence-corrected chi connectivity index (χ2v) is 7.72. The third kappa shape index (κ3) is 3.59. The van der Waals surface area contributed by atoms with Crippen LogP contribution >= 0.6 is 0 Å². The Bertz CT molecular complexity index is 1170. The molecule has 0 N–H and O–H groups in total. The van der Waals surface area contributed by atoms with Crippen LogP contribution in [0.2, 0.25) is 0 Å². The van der Waals surface area contributed by atoms with Crippen LogP contribution in [0, 0.1) is 31.0 Å². The van der Waals surface area contributed by atoms with Gasteiger partial charge in [-0.2, -0.15) is 5.26 Å². The van der Waals surface area contributed by atoms with Gasteiger partial charge in [0, 0.05) is 37.8 Å². The van der Waals surface area contributed by atoms with Gasteiger partial charge in [0.1, 0.15) is 11.9 Å². The molecule has 2 aromatic carbocycles. The molecule has 0 atom stereocenters. The molecule has 0 aliphatic carbocycles. The van der Waals surface area contributed by atoms with Gasteiger partial charge >= 0.3 is 0 Å². The number of carbonyl (C=O) groups excluding carboxylic acids is 1. The van der Waals surface area contributed by atoms with Gasteiger partial charge in [0.2, 0.25) is 0 Å². The molecular formula is C24H23FN4O. The molecule has 2 heterocycles. The summed E-state index contributed by atoms with van der Waals surface area (Å²) < 4.78 is 14.1. The number of hydrogen-bond acceptors (Lipinski definition) is 4. The first kappa shape index (κ1) is 19.8. The summed E-state index contributed by atoms with van der Waals surface area (Å²) in [5.41, 5.74) is 4.57. The lowest BCUT2D eigenvalue weighted by molar-refractivity contribution is 0.0762. The minimum atomic E-state index is -0.499. The van der Waals surface area contributed by atoms with Crippen LogP contribution in [-0.4, -0.2) is 42.0 Å². The zero-order valence-corrected chi connectivity index (χ0v) is 17.2. The van der Waals surface area contributed by atoms with E-state index in [0.717, 1.165) is 34.1 Å². The fraction of sp³-hybridized carbons (Fsp3) is 0.292. The van der Waals surface area contributed by atoms with Gasteiger partial charge in [0.25, 0.3) is 5.91 Å². The summed E-state index contributed by atoms with van der Waals surface area (Å²) in [7, 11) is 0. The van der Waals surface area contributed by atoms with Crippen LogP contribution in [-0.2, 0) is 0 Å². The van der Waals surface area contributed by atoms with Crippen LogP contribution in [0.4, 0.5) is 10.1 Å². The molecule has 0 saturated carbocycles. The van der Waals surface area contributed by atoms with Gasteiger partial charge in [-0.15, -0.1) is 0 Å². The van der Waals surface area contributed by atoms with Crippen LogP contribution in [0.3, 0.4) is 0 Å². The van der Waals surface area contributed by atoms with E-state index in [-0.39, 0.29) is 11.5 Å². The van der Waals surface area contributed by atoms with Gasteiger partial charge in [0.05, 0.1) is 22.3 Å². The van der Waals surface area contributed by atoms with E-state index in [0.29, 0.717) is 31.7 Å². The topological polar surface area (TPSA) is 60.2 Å². The lowest BCUT2D eigenvalue weighted by Gasteiger charge is -2.26. The van der Waals surface area contributed by atoms with E-state index < -0.39 is 5.82 Å². The number of aromatic nitrogens is 1. The minimum Gasteiger partial charge on any atom is -0.368 e. The Morgan fingerprint density at radius 1 is 1.13 bits per heavy atom. The number of halogens is 1. The molecule has 1 saturated heterocycles. The van der Waals surface area contributed by atoms with Gasteiger partial charge in [-0.1, -0.05) is 23.8 Å². The SMILES string of the molecule is Cc1cc(C)c2ncc(C#N)c(N3CCCN(C(=O)c4ccccc4F)CC3)c2c1. The number of rotatable bonds is 2. The molecule has 0 spiro atoms. The highest BCUT2D eigenvalue weighted by Gasteiger charge is 2.24. The number of anilines is 1. The largest absolute Gasteiger partial charge is 0.368 e. The lowest BCUT2D eigenvalue weighted by atomic mass is 10.0. The molecule has 0 bridgehead atoms. The van der Waals surface area contributed by atoms with E-state index in [9.17, 15) is 14.4 Å². The fourth-order valence-electron chi connectivity index (χ4n) is 4.22. The first-order valence-electron chi connectivity index (χ1n) is 10.1.